The van der Waals surface area contributed by atoms with Crippen molar-refractivity contribution in [3.63, 3.8) is 0 Å². The van der Waals surface area contributed by atoms with E-state index >= 15 is 0 Å². The second-order valence-electron chi connectivity index (χ2n) is 3.41. The third kappa shape index (κ3) is 1.45. The molecule has 0 saturated carbocycles. The highest BCUT2D eigenvalue weighted by atomic mass is 16.1. The molecule has 2 nitrogen and oxygen atoms in total. The third-order valence-electron chi connectivity index (χ3n) is 2.67. The Labute approximate surface area is 68.4 Å². The largest absolute Gasteiger partial charge is 0.315 e. The van der Waals surface area contributed by atoms with Gasteiger partial charge in [-0.2, -0.15) is 0 Å². The Morgan fingerprint density at radius 1 is 1.45 bits per heavy atom. The maximum Gasteiger partial charge on any atom is 0.141 e. The fourth-order valence-corrected chi connectivity index (χ4v) is 1.56. The van der Waals surface area contributed by atoms with Gasteiger partial charge in [-0.3, -0.25) is 4.79 Å². The molecule has 0 spiro atoms. The van der Waals surface area contributed by atoms with Crippen LogP contribution in [-0.4, -0.2) is 18.9 Å². The van der Waals surface area contributed by atoms with Gasteiger partial charge in [-0.25, -0.2) is 0 Å². The lowest BCUT2D eigenvalue weighted by Gasteiger charge is -2.40. The lowest BCUT2D eigenvalue weighted by atomic mass is 9.74. The van der Waals surface area contributed by atoms with Gasteiger partial charge in [0.15, 0.2) is 0 Å². The molecule has 11 heavy (non-hydrogen) atoms. The van der Waals surface area contributed by atoms with E-state index in [-0.39, 0.29) is 5.41 Å². The minimum atomic E-state index is 0.0238. The van der Waals surface area contributed by atoms with Crippen LogP contribution in [0.3, 0.4) is 0 Å². The Hall–Kier alpha value is -0.370. The molecule has 1 fully saturated rings. The lowest BCUT2D eigenvalue weighted by Crippen LogP contribution is -2.57. The quantitative estimate of drug-likeness (QED) is 0.664. The molecule has 0 aromatic carbocycles. The highest BCUT2D eigenvalue weighted by molar-refractivity contribution is 5.86. The van der Waals surface area contributed by atoms with Gasteiger partial charge >= 0.3 is 0 Å². The van der Waals surface area contributed by atoms with Gasteiger partial charge in [-0.15, -0.1) is 0 Å². The smallest absolute Gasteiger partial charge is 0.141 e. The topological polar surface area (TPSA) is 29.1 Å². The van der Waals surface area contributed by atoms with Gasteiger partial charge in [0.05, 0.1) is 5.41 Å². The van der Waals surface area contributed by atoms with Gasteiger partial charge in [0.25, 0.3) is 0 Å². The summed E-state index contributed by atoms with van der Waals surface area (Å²) in [7, 11) is 0. The number of rotatable bonds is 4. The predicted molar refractivity (Wildman–Crippen MR) is 45.5 cm³/mol. The number of hydrogen-bond donors (Lipinski definition) is 1. The molecular weight excluding hydrogens is 138 g/mol. The van der Waals surface area contributed by atoms with Gasteiger partial charge in [0.1, 0.15) is 5.78 Å². The Bertz CT molecular complexity index is 144. The van der Waals surface area contributed by atoms with Crippen LogP contribution in [0.4, 0.5) is 0 Å². The number of Topliss-reactive ketones (excluding diaryl/α,β-unsaturated/α-hetero) is 1. The van der Waals surface area contributed by atoms with Gasteiger partial charge in [0, 0.05) is 19.5 Å². The molecule has 1 rings (SSSR count). The van der Waals surface area contributed by atoms with Crippen molar-refractivity contribution in [1.29, 1.82) is 0 Å². The van der Waals surface area contributed by atoms with Gasteiger partial charge in [-0.1, -0.05) is 13.8 Å². The van der Waals surface area contributed by atoms with Crippen molar-refractivity contribution in [3.8, 4) is 0 Å². The van der Waals surface area contributed by atoms with Crippen LogP contribution in [0.1, 0.15) is 33.1 Å². The van der Waals surface area contributed by atoms with Crippen LogP contribution in [0, 0.1) is 5.41 Å². The van der Waals surface area contributed by atoms with Crippen molar-refractivity contribution >= 4 is 5.78 Å². The van der Waals surface area contributed by atoms with Crippen LogP contribution in [-0.2, 0) is 4.79 Å². The van der Waals surface area contributed by atoms with Crippen molar-refractivity contribution in [1.82, 2.24) is 5.32 Å². The van der Waals surface area contributed by atoms with Crippen LogP contribution < -0.4 is 5.32 Å². The Kier molecular flexibility index (Phi) is 2.66. The highest BCUT2D eigenvalue weighted by Gasteiger charge is 2.40. The maximum atomic E-state index is 11.5. The van der Waals surface area contributed by atoms with Crippen molar-refractivity contribution in [2.45, 2.75) is 33.1 Å². The first-order chi connectivity index (χ1) is 5.25. The Balaban J connectivity index is 2.47. The van der Waals surface area contributed by atoms with Crippen LogP contribution in [0.15, 0.2) is 0 Å². The van der Waals surface area contributed by atoms with Crippen molar-refractivity contribution < 1.29 is 4.79 Å². The fourth-order valence-electron chi connectivity index (χ4n) is 1.56. The van der Waals surface area contributed by atoms with Crippen molar-refractivity contribution in [2.75, 3.05) is 13.1 Å². The Morgan fingerprint density at radius 2 is 2.09 bits per heavy atom. The molecule has 0 amide bonds. The van der Waals surface area contributed by atoms with Gasteiger partial charge < -0.3 is 5.32 Å². The zero-order chi connectivity index (χ0) is 8.32. The monoisotopic (exact) mass is 155 g/mol. The summed E-state index contributed by atoms with van der Waals surface area (Å²) in [5, 5.41) is 3.17. The van der Waals surface area contributed by atoms with Crippen LogP contribution in [0.2, 0.25) is 0 Å². The molecule has 1 saturated heterocycles. The predicted octanol–water partition coefficient (Wildman–Crippen LogP) is 1.36. The molecule has 0 aliphatic carbocycles. The number of carbonyl (C=O) groups is 1. The van der Waals surface area contributed by atoms with Gasteiger partial charge in [-0.05, 0) is 12.8 Å². The van der Waals surface area contributed by atoms with E-state index in [0.717, 1.165) is 32.4 Å². The lowest BCUT2D eigenvalue weighted by molar-refractivity contribution is -0.131. The molecule has 0 atom stereocenters. The average Bonchev–Trinajstić information content (AvgIpc) is 1.87. The van der Waals surface area contributed by atoms with Gasteiger partial charge in [0.2, 0.25) is 0 Å². The first-order valence-electron chi connectivity index (χ1n) is 4.49. The molecule has 1 N–H and O–H groups in total. The standard InChI is InChI=1S/C9H17NO/c1-3-5-8(11)9(4-2)6-10-7-9/h10H,3-7H2,1-2H3. The Morgan fingerprint density at radius 3 is 2.36 bits per heavy atom. The molecule has 0 radical (unpaired) electrons. The summed E-state index contributed by atoms with van der Waals surface area (Å²) in [4.78, 5) is 11.5. The number of ketones is 1. The molecule has 0 unspecified atom stereocenters. The zero-order valence-corrected chi connectivity index (χ0v) is 7.44. The molecule has 0 aromatic rings. The highest BCUT2D eigenvalue weighted by Crippen LogP contribution is 2.29. The van der Waals surface area contributed by atoms with Crippen LogP contribution in [0.25, 0.3) is 0 Å². The summed E-state index contributed by atoms with van der Waals surface area (Å²) in [5.74, 6) is 0.459. The molecular formula is C9H17NO. The van der Waals surface area contributed by atoms with E-state index in [0.29, 0.717) is 5.78 Å². The average molecular weight is 155 g/mol. The molecule has 1 aliphatic heterocycles. The van der Waals surface area contributed by atoms with Crippen LogP contribution in [0.5, 0.6) is 0 Å². The number of hydrogen-bond acceptors (Lipinski definition) is 2. The molecule has 64 valence electrons. The van der Waals surface area contributed by atoms with E-state index in [1.807, 2.05) is 0 Å². The van der Waals surface area contributed by atoms with E-state index < -0.39 is 0 Å². The maximum absolute atomic E-state index is 11.5. The summed E-state index contributed by atoms with van der Waals surface area (Å²) in [6.07, 6.45) is 2.74. The van der Waals surface area contributed by atoms with Crippen LogP contribution >= 0.6 is 0 Å². The van der Waals surface area contributed by atoms with E-state index in [4.69, 9.17) is 0 Å². The van der Waals surface area contributed by atoms with Crippen molar-refractivity contribution in [3.05, 3.63) is 0 Å². The third-order valence-corrected chi connectivity index (χ3v) is 2.67. The number of carbonyl (C=O) groups excluding carboxylic acids is 1. The fraction of sp³-hybridized carbons (Fsp3) is 0.889. The van der Waals surface area contributed by atoms with E-state index in [2.05, 4.69) is 19.2 Å². The summed E-state index contributed by atoms with van der Waals surface area (Å²) >= 11 is 0. The summed E-state index contributed by atoms with van der Waals surface area (Å²) in [6, 6.07) is 0. The number of nitrogens with one attached hydrogen (secondary N) is 1. The normalized spacial score (nSPS) is 20.9. The summed E-state index contributed by atoms with van der Waals surface area (Å²) in [5.41, 5.74) is 0.0238. The summed E-state index contributed by atoms with van der Waals surface area (Å²) < 4.78 is 0. The minimum absolute atomic E-state index is 0.0238. The van der Waals surface area contributed by atoms with Crippen molar-refractivity contribution in [2.24, 2.45) is 5.41 Å². The molecule has 0 aromatic heterocycles. The first-order valence-corrected chi connectivity index (χ1v) is 4.49. The first kappa shape index (κ1) is 8.72. The zero-order valence-electron chi connectivity index (χ0n) is 7.44. The minimum Gasteiger partial charge on any atom is -0.315 e. The molecule has 0 bridgehead atoms. The molecule has 1 heterocycles. The second kappa shape index (κ2) is 3.35. The SMILES string of the molecule is CCCC(=O)C1(CC)CNC1. The molecule has 1 aliphatic rings. The van der Waals surface area contributed by atoms with E-state index in [1.165, 1.54) is 0 Å². The van der Waals surface area contributed by atoms with E-state index in [9.17, 15) is 4.79 Å². The second-order valence-corrected chi connectivity index (χ2v) is 3.41. The van der Waals surface area contributed by atoms with E-state index in [1.54, 1.807) is 0 Å². The molecule has 2 heteroatoms. The summed E-state index contributed by atoms with van der Waals surface area (Å²) in [6.45, 7) is 5.98.